The molecular formula is C9H17NO. The summed E-state index contributed by atoms with van der Waals surface area (Å²) in [7, 11) is 0. The molecular weight excluding hydrogens is 138 g/mol. The highest BCUT2D eigenvalue weighted by molar-refractivity contribution is 5.80. The monoisotopic (exact) mass is 155 g/mol. The Hall–Kier alpha value is -0.370. The predicted octanol–water partition coefficient (Wildman–Crippen LogP) is 1.21. The van der Waals surface area contributed by atoms with Crippen molar-refractivity contribution in [1.29, 1.82) is 0 Å². The highest BCUT2D eigenvalue weighted by atomic mass is 16.1. The third-order valence-electron chi connectivity index (χ3n) is 2.30. The Labute approximate surface area is 68.4 Å². The van der Waals surface area contributed by atoms with Crippen LogP contribution in [0.15, 0.2) is 0 Å². The Morgan fingerprint density at radius 2 is 2.36 bits per heavy atom. The van der Waals surface area contributed by atoms with E-state index in [1.807, 2.05) is 13.8 Å². The molecule has 0 bridgehead atoms. The first kappa shape index (κ1) is 8.72. The molecule has 1 heterocycles. The van der Waals surface area contributed by atoms with Crippen LogP contribution in [-0.2, 0) is 4.79 Å². The second-order valence-corrected chi connectivity index (χ2v) is 3.68. The first-order valence-electron chi connectivity index (χ1n) is 4.43. The van der Waals surface area contributed by atoms with E-state index >= 15 is 0 Å². The van der Waals surface area contributed by atoms with E-state index in [0.29, 0.717) is 11.7 Å². The molecule has 0 radical (unpaired) electrons. The number of Topliss-reactive ketones (excluding diaryl/α,β-unsaturated/α-hetero) is 1. The lowest BCUT2D eigenvalue weighted by Gasteiger charge is -2.08. The van der Waals surface area contributed by atoms with Gasteiger partial charge in [-0.15, -0.1) is 0 Å². The Morgan fingerprint density at radius 3 is 2.82 bits per heavy atom. The third-order valence-corrected chi connectivity index (χ3v) is 2.30. The van der Waals surface area contributed by atoms with Gasteiger partial charge in [-0.25, -0.2) is 0 Å². The highest BCUT2D eigenvalue weighted by Crippen LogP contribution is 2.14. The largest absolute Gasteiger partial charge is 0.316 e. The van der Waals surface area contributed by atoms with Gasteiger partial charge < -0.3 is 5.32 Å². The zero-order valence-electron chi connectivity index (χ0n) is 7.39. The van der Waals surface area contributed by atoms with Gasteiger partial charge in [-0.2, -0.15) is 0 Å². The molecule has 0 aromatic rings. The molecule has 0 aromatic carbocycles. The summed E-state index contributed by atoms with van der Waals surface area (Å²) in [6.07, 6.45) is 1.96. The van der Waals surface area contributed by atoms with Crippen LogP contribution >= 0.6 is 0 Å². The number of ketones is 1. The highest BCUT2D eigenvalue weighted by Gasteiger charge is 2.19. The van der Waals surface area contributed by atoms with E-state index in [0.717, 1.165) is 19.5 Å². The molecule has 0 spiro atoms. The van der Waals surface area contributed by atoms with E-state index < -0.39 is 0 Å². The molecule has 0 aliphatic carbocycles. The van der Waals surface area contributed by atoms with Crippen LogP contribution < -0.4 is 5.32 Å². The summed E-state index contributed by atoms with van der Waals surface area (Å²) < 4.78 is 0. The maximum Gasteiger partial charge on any atom is 0.135 e. The number of hydrogen-bond acceptors (Lipinski definition) is 2. The second-order valence-electron chi connectivity index (χ2n) is 3.68. The molecule has 64 valence electrons. The van der Waals surface area contributed by atoms with E-state index in [9.17, 15) is 4.79 Å². The van der Waals surface area contributed by atoms with Crippen LogP contribution in [0.25, 0.3) is 0 Å². The summed E-state index contributed by atoms with van der Waals surface area (Å²) >= 11 is 0. The number of carbonyl (C=O) groups is 1. The molecule has 1 aliphatic rings. The van der Waals surface area contributed by atoms with Gasteiger partial charge >= 0.3 is 0 Å². The molecule has 0 saturated carbocycles. The summed E-state index contributed by atoms with van der Waals surface area (Å²) in [6, 6.07) is 0. The normalized spacial score (nSPS) is 24.5. The van der Waals surface area contributed by atoms with Crippen molar-refractivity contribution in [3.8, 4) is 0 Å². The van der Waals surface area contributed by atoms with Crippen LogP contribution in [0.5, 0.6) is 0 Å². The fourth-order valence-electron chi connectivity index (χ4n) is 1.41. The first-order chi connectivity index (χ1) is 5.20. The Bertz CT molecular complexity index is 136. The van der Waals surface area contributed by atoms with Gasteiger partial charge in [0.15, 0.2) is 0 Å². The van der Waals surface area contributed by atoms with Crippen molar-refractivity contribution in [1.82, 2.24) is 5.32 Å². The minimum atomic E-state index is 0.218. The lowest BCUT2D eigenvalue weighted by atomic mass is 9.96. The fraction of sp³-hybridized carbons (Fsp3) is 0.889. The van der Waals surface area contributed by atoms with Gasteiger partial charge in [0.25, 0.3) is 0 Å². The van der Waals surface area contributed by atoms with Crippen molar-refractivity contribution in [3.63, 3.8) is 0 Å². The number of rotatable bonds is 3. The topological polar surface area (TPSA) is 29.1 Å². The van der Waals surface area contributed by atoms with Crippen LogP contribution in [0.4, 0.5) is 0 Å². The van der Waals surface area contributed by atoms with Crippen LogP contribution in [0, 0.1) is 11.8 Å². The molecule has 2 heteroatoms. The molecule has 1 N–H and O–H groups in total. The molecule has 1 saturated heterocycles. The molecule has 0 unspecified atom stereocenters. The lowest BCUT2D eigenvalue weighted by Crippen LogP contribution is -2.15. The average molecular weight is 155 g/mol. The van der Waals surface area contributed by atoms with E-state index in [1.54, 1.807) is 0 Å². The summed E-state index contributed by atoms with van der Waals surface area (Å²) in [5, 5.41) is 3.26. The predicted molar refractivity (Wildman–Crippen MR) is 45.4 cm³/mol. The van der Waals surface area contributed by atoms with E-state index in [1.165, 1.54) is 6.42 Å². The van der Waals surface area contributed by atoms with Crippen LogP contribution in [0.2, 0.25) is 0 Å². The number of nitrogens with one attached hydrogen (secondary N) is 1. The summed E-state index contributed by atoms with van der Waals surface area (Å²) in [5.41, 5.74) is 0. The molecule has 1 atom stereocenters. The molecule has 2 nitrogen and oxygen atoms in total. The third kappa shape index (κ3) is 2.62. The van der Waals surface area contributed by atoms with Gasteiger partial charge in [0, 0.05) is 12.3 Å². The van der Waals surface area contributed by atoms with Crippen LogP contribution in [0.3, 0.4) is 0 Å². The molecule has 1 fully saturated rings. The maximum atomic E-state index is 11.3. The van der Waals surface area contributed by atoms with Gasteiger partial charge in [-0.1, -0.05) is 13.8 Å². The van der Waals surface area contributed by atoms with Gasteiger partial charge in [-0.3, -0.25) is 4.79 Å². The van der Waals surface area contributed by atoms with Gasteiger partial charge in [0.1, 0.15) is 5.78 Å². The molecule has 11 heavy (non-hydrogen) atoms. The average Bonchev–Trinajstić information content (AvgIpc) is 2.39. The van der Waals surface area contributed by atoms with E-state index in [2.05, 4.69) is 5.32 Å². The molecule has 1 aliphatic heterocycles. The maximum absolute atomic E-state index is 11.3. The van der Waals surface area contributed by atoms with Crippen molar-refractivity contribution >= 4 is 5.78 Å². The quantitative estimate of drug-likeness (QED) is 0.663. The fourth-order valence-corrected chi connectivity index (χ4v) is 1.41. The van der Waals surface area contributed by atoms with Crippen molar-refractivity contribution in [3.05, 3.63) is 0 Å². The van der Waals surface area contributed by atoms with E-state index in [-0.39, 0.29) is 5.92 Å². The van der Waals surface area contributed by atoms with Crippen LogP contribution in [0.1, 0.15) is 26.7 Å². The Kier molecular flexibility index (Phi) is 3.06. The second kappa shape index (κ2) is 3.86. The van der Waals surface area contributed by atoms with Crippen molar-refractivity contribution < 1.29 is 4.79 Å². The van der Waals surface area contributed by atoms with Crippen LogP contribution in [-0.4, -0.2) is 18.9 Å². The minimum absolute atomic E-state index is 0.218. The summed E-state index contributed by atoms with van der Waals surface area (Å²) in [6.45, 7) is 6.09. The smallest absolute Gasteiger partial charge is 0.135 e. The minimum Gasteiger partial charge on any atom is -0.316 e. The Balaban J connectivity index is 2.24. The van der Waals surface area contributed by atoms with Crippen molar-refractivity contribution in [2.75, 3.05) is 13.1 Å². The molecule has 0 amide bonds. The van der Waals surface area contributed by atoms with Crippen molar-refractivity contribution in [2.45, 2.75) is 26.7 Å². The van der Waals surface area contributed by atoms with Gasteiger partial charge in [0.05, 0.1) is 0 Å². The summed E-state index contributed by atoms with van der Waals surface area (Å²) in [5.74, 6) is 1.25. The molecule has 0 aromatic heterocycles. The lowest BCUT2D eigenvalue weighted by molar-refractivity contribution is -0.122. The first-order valence-corrected chi connectivity index (χ1v) is 4.43. The Morgan fingerprint density at radius 1 is 1.64 bits per heavy atom. The summed E-state index contributed by atoms with van der Waals surface area (Å²) in [4.78, 5) is 11.3. The number of carbonyl (C=O) groups excluding carboxylic acids is 1. The van der Waals surface area contributed by atoms with Gasteiger partial charge in [-0.05, 0) is 25.4 Å². The SMILES string of the molecule is CC(C)C(=O)C[C@@H]1CCNC1. The molecule has 1 rings (SSSR count). The zero-order chi connectivity index (χ0) is 8.27. The van der Waals surface area contributed by atoms with Crippen molar-refractivity contribution in [2.24, 2.45) is 11.8 Å². The number of hydrogen-bond donors (Lipinski definition) is 1. The van der Waals surface area contributed by atoms with Gasteiger partial charge in [0.2, 0.25) is 0 Å². The van der Waals surface area contributed by atoms with E-state index in [4.69, 9.17) is 0 Å². The zero-order valence-corrected chi connectivity index (χ0v) is 7.39. The standard InChI is InChI=1S/C9H17NO/c1-7(2)9(11)5-8-3-4-10-6-8/h7-8,10H,3-6H2,1-2H3/t8-/m0/s1.